The van der Waals surface area contributed by atoms with Crippen LogP contribution in [0.3, 0.4) is 0 Å². The first-order valence-electron chi connectivity index (χ1n) is 8.94. The number of Topliss-reactive ketones (excluding diaryl/α,β-unsaturated/α-hetero) is 1. The predicted octanol–water partition coefficient (Wildman–Crippen LogP) is 2.73. The Morgan fingerprint density at radius 3 is 2.84 bits per heavy atom. The van der Waals surface area contributed by atoms with E-state index in [1.54, 1.807) is 6.20 Å². The molecule has 0 N–H and O–H groups in total. The lowest BCUT2D eigenvalue weighted by Gasteiger charge is -2.48. The average molecular weight is 337 g/mol. The molecule has 0 bridgehead atoms. The molecule has 25 heavy (non-hydrogen) atoms. The van der Waals surface area contributed by atoms with Crippen molar-refractivity contribution in [1.29, 1.82) is 0 Å². The summed E-state index contributed by atoms with van der Waals surface area (Å²) in [5.74, 6) is -0.262. The number of aromatic nitrogens is 3. The molecule has 2 heterocycles. The summed E-state index contributed by atoms with van der Waals surface area (Å²) in [6.45, 7) is 4.17. The fourth-order valence-electron chi connectivity index (χ4n) is 5.14. The second-order valence-electron chi connectivity index (χ2n) is 7.71. The number of fused-ring (bicyclic) bond motifs is 3. The largest absolute Gasteiger partial charge is 0.303 e. The molecule has 0 amide bonds. The zero-order chi connectivity index (χ0) is 17.8. The fourth-order valence-corrected chi connectivity index (χ4v) is 5.14. The van der Waals surface area contributed by atoms with Gasteiger partial charge in [-0.2, -0.15) is 5.10 Å². The lowest BCUT2D eigenvalue weighted by Crippen LogP contribution is -2.51. The van der Waals surface area contributed by atoms with E-state index >= 15 is 0 Å². The number of pyridine rings is 1. The normalized spacial score (nSPS) is 31.3. The summed E-state index contributed by atoms with van der Waals surface area (Å²) in [5.41, 5.74) is 4.02. The molecule has 2 aliphatic rings. The smallest absolute Gasteiger partial charge is 0.146 e. The van der Waals surface area contributed by atoms with E-state index in [2.05, 4.69) is 11.9 Å². The maximum absolute atomic E-state index is 12.5. The minimum absolute atomic E-state index is 0.0950. The number of carbonyl (C=O) groups is 2. The highest BCUT2D eigenvalue weighted by Gasteiger charge is 2.53. The van der Waals surface area contributed by atoms with Crippen LogP contribution < -0.4 is 0 Å². The second kappa shape index (κ2) is 5.61. The van der Waals surface area contributed by atoms with Gasteiger partial charge in [-0.1, -0.05) is 19.9 Å². The van der Waals surface area contributed by atoms with Gasteiger partial charge in [-0.3, -0.25) is 14.5 Å². The van der Waals surface area contributed by atoms with Crippen molar-refractivity contribution in [2.75, 3.05) is 0 Å². The van der Waals surface area contributed by atoms with Crippen LogP contribution >= 0.6 is 0 Å². The van der Waals surface area contributed by atoms with Crippen molar-refractivity contribution in [3.63, 3.8) is 0 Å². The van der Waals surface area contributed by atoms with Crippen LogP contribution in [0.4, 0.5) is 0 Å². The first-order valence-corrected chi connectivity index (χ1v) is 8.94. The Labute approximate surface area is 147 Å². The average Bonchev–Trinajstić information content (AvgIpc) is 2.96. The topological polar surface area (TPSA) is 64.8 Å². The quantitative estimate of drug-likeness (QED) is 0.624. The standard InChI is InChI=1S/C20H23N3O2/c1-12-15-8-7-14-17(16-6-4-5-9-21-16)23(3)22-19(14)20(15,2)10-13(11-24)18(12)25/h4-6,9,11-13,15H,7-8,10H2,1-3H3/t12-,13?,15-,20-/m0/s1. The molecular formula is C20H23N3O2. The molecule has 4 atom stereocenters. The maximum Gasteiger partial charge on any atom is 0.146 e. The summed E-state index contributed by atoms with van der Waals surface area (Å²) < 4.78 is 1.91. The predicted molar refractivity (Wildman–Crippen MR) is 93.9 cm³/mol. The van der Waals surface area contributed by atoms with Crippen molar-refractivity contribution in [2.24, 2.45) is 24.8 Å². The minimum atomic E-state index is -0.512. The highest BCUT2D eigenvalue weighted by atomic mass is 16.1. The summed E-state index contributed by atoms with van der Waals surface area (Å²) in [6.07, 6.45) is 5.05. The van der Waals surface area contributed by atoms with Gasteiger partial charge < -0.3 is 4.79 Å². The maximum atomic E-state index is 12.5. The Bertz CT molecular complexity index is 842. The molecular weight excluding hydrogens is 314 g/mol. The number of aryl methyl sites for hydroxylation is 1. The monoisotopic (exact) mass is 337 g/mol. The lowest BCUT2D eigenvalue weighted by molar-refractivity contribution is -0.137. The summed E-state index contributed by atoms with van der Waals surface area (Å²) in [6, 6.07) is 5.90. The number of ketones is 1. The molecule has 2 aliphatic carbocycles. The van der Waals surface area contributed by atoms with Gasteiger partial charge >= 0.3 is 0 Å². The van der Waals surface area contributed by atoms with E-state index in [0.29, 0.717) is 6.42 Å². The highest BCUT2D eigenvalue weighted by molar-refractivity contribution is 5.96. The van der Waals surface area contributed by atoms with Crippen molar-refractivity contribution in [2.45, 2.75) is 38.5 Å². The van der Waals surface area contributed by atoms with Gasteiger partial charge in [0.1, 0.15) is 12.1 Å². The van der Waals surface area contributed by atoms with Crippen molar-refractivity contribution < 1.29 is 9.59 Å². The zero-order valence-corrected chi connectivity index (χ0v) is 14.9. The van der Waals surface area contributed by atoms with Gasteiger partial charge in [0, 0.05) is 30.1 Å². The molecule has 0 spiro atoms. The van der Waals surface area contributed by atoms with Gasteiger partial charge in [0.25, 0.3) is 0 Å². The first kappa shape index (κ1) is 16.2. The van der Waals surface area contributed by atoms with Crippen molar-refractivity contribution >= 4 is 12.1 Å². The van der Waals surface area contributed by atoms with Crippen molar-refractivity contribution in [1.82, 2.24) is 14.8 Å². The number of hydrogen-bond acceptors (Lipinski definition) is 4. The van der Waals surface area contributed by atoms with Gasteiger partial charge in [-0.05, 0) is 37.3 Å². The summed E-state index contributed by atoms with van der Waals surface area (Å²) in [4.78, 5) is 28.5. The molecule has 5 heteroatoms. The summed E-state index contributed by atoms with van der Waals surface area (Å²) >= 11 is 0. The van der Waals surface area contributed by atoms with Crippen molar-refractivity contribution in [3.05, 3.63) is 35.7 Å². The molecule has 2 aromatic heterocycles. The third-order valence-corrected chi connectivity index (χ3v) is 6.34. The molecule has 0 radical (unpaired) electrons. The van der Waals surface area contributed by atoms with Crippen LogP contribution in [-0.2, 0) is 28.5 Å². The lowest BCUT2D eigenvalue weighted by atomic mass is 9.54. The van der Waals surface area contributed by atoms with Crippen LogP contribution in [0.15, 0.2) is 24.4 Å². The number of rotatable bonds is 2. The molecule has 1 fully saturated rings. The van der Waals surface area contributed by atoms with Crippen molar-refractivity contribution in [3.8, 4) is 11.4 Å². The third kappa shape index (κ3) is 2.21. The third-order valence-electron chi connectivity index (χ3n) is 6.34. The number of hydrogen-bond donors (Lipinski definition) is 0. The Kier molecular flexibility index (Phi) is 3.63. The van der Waals surface area contributed by atoms with Gasteiger partial charge in [-0.25, -0.2) is 0 Å². The zero-order valence-electron chi connectivity index (χ0n) is 14.9. The van der Waals surface area contributed by atoms with Crippen LogP contribution in [0.1, 0.15) is 37.9 Å². The van der Waals surface area contributed by atoms with Crippen LogP contribution in [0, 0.1) is 17.8 Å². The van der Waals surface area contributed by atoms with Crippen LogP contribution in [-0.4, -0.2) is 26.8 Å². The Morgan fingerprint density at radius 1 is 1.36 bits per heavy atom. The molecule has 0 aliphatic heterocycles. The minimum Gasteiger partial charge on any atom is -0.303 e. The highest BCUT2D eigenvalue weighted by Crippen LogP contribution is 2.53. The summed E-state index contributed by atoms with van der Waals surface area (Å²) in [5, 5.41) is 4.86. The fraction of sp³-hybridized carbons (Fsp3) is 0.500. The van der Waals surface area contributed by atoms with E-state index in [1.807, 2.05) is 36.9 Å². The molecule has 0 aromatic carbocycles. The van der Waals surface area contributed by atoms with Gasteiger partial charge in [0.15, 0.2) is 0 Å². The number of aldehydes is 1. The van der Waals surface area contributed by atoms with Gasteiger partial charge in [0.05, 0.1) is 23.0 Å². The van der Waals surface area contributed by atoms with E-state index in [-0.39, 0.29) is 23.0 Å². The van der Waals surface area contributed by atoms with E-state index < -0.39 is 5.92 Å². The molecule has 1 unspecified atom stereocenters. The van der Waals surface area contributed by atoms with Crippen LogP contribution in [0.25, 0.3) is 11.4 Å². The molecule has 5 nitrogen and oxygen atoms in total. The van der Waals surface area contributed by atoms with Crippen LogP contribution in [0.2, 0.25) is 0 Å². The number of carbonyl (C=O) groups excluding carboxylic acids is 2. The first-order chi connectivity index (χ1) is 12.0. The van der Waals surface area contributed by atoms with E-state index in [1.165, 1.54) is 5.56 Å². The molecule has 4 rings (SSSR count). The Hall–Kier alpha value is -2.30. The Morgan fingerprint density at radius 2 is 2.16 bits per heavy atom. The van der Waals surface area contributed by atoms with E-state index in [0.717, 1.165) is 36.2 Å². The SMILES string of the molecule is C[C@@H]1C(=O)C(C=O)C[C@]2(C)c3nn(C)c(-c4ccccn4)c3CC[C@@H]12. The summed E-state index contributed by atoms with van der Waals surface area (Å²) in [7, 11) is 1.95. The Balaban J connectivity index is 1.87. The van der Waals surface area contributed by atoms with Crippen LogP contribution in [0.5, 0.6) is 0 Å². The van der Waals surface area contributed by atoms with E-state index in [4.69, 9.17) is 5.10 Å². The second-order valence-corrected chi connectivity index (χ2v) is 7.71. The number of nitrogens with zero attached hydrogens (tertiary/aromatic N) is 3. The van der Waals surface area contributed by atoms with E-state index in [9.17, 15) is 9.59 Å². The molecule has 2 aromatic rings. The molecule has 130 valence electrons. The molecule has 1 saturated carbocycles. The van der Waals surface area contributed by atoms with Gasteiger partial charge in [0.2, 0.25) is 0 Å². The van der Waals surface area contributed by atoms with Gasteiger partial charge in [-0.15, -0.1) is 0 Å². The molecule has 0 saturated heterocycles.